The second-order valence-electron chi connectivity index (χ2n) is 1.53. The lowest BCUT2D eigenvalue weighted by Crippen LogP contribution is -2.01. The molecule has 0 aromatic carbocycles. The van der Waals surface area contributed by atoms with Gasteiger partial charge in [0.2, 0.25) is 0 Å². The van der Waals surface area contributed by atoms with E-state index in [1.807, 2.05) is 6.92 Å². The van der Waals surface area contributed by atoms with Crippen molar-refractivity contribution in [1.29, 1.82) is 0 Å². The van der Waals surface area contributed by atoms with Crippen molar-refractivity contribution < 1.29 is 0 Å². The molecule has 2 heteroatoms. The molecule has 1 unspecified atom stereocenters. The van der Waals surface area contributed by atoms with Crippen molar-refractivity contribution in [3.8, 4) is 0 Å². The third-order valence-electron chi connectivity index (χ3n) is 0.956. The van der Waals surface area contributed by atoms with Crippen LogP contribution in [0, 0.1) is 13.1 Å². The lowest BCUT2D eigenvalue weighted by Gasteiger charge is -1.87. The highest BCUT2D eigenvalue weighted by Crippen LogP contribution is 1.95. The summed E-state index contributed by atoms with van der Waals surface area (Å²) in [6.45, 7) is 15.3. The fourth-order valence-corrected chi connectivity index (χ4v) is 0.367. The molecule has 0 amide bonds. The summed E-state index contributed by atoms with van der Waals surface area (Å²) in [6.07, 6.45) is 0.798. The van der Waals surface area contributed by atoms with Crippen LogP contribution in [0.2, 0.25) is 0 Å². The average molecular weight is 108 g/mol. The zero-order valence-corrected chi connectivity index (χ0v) is 4.89. The van der Waals surface area contributed by atoms with Crippen molar-refractivity contribution in [1.82, 2.24) is 0 Å². The topological polar surface area (TPSA) is 8.72 Å². The van der Waals surface area contributed by atoms with E-state index < -0.39 is 0 Å². The summed E-state index contributed by atoms with van der Waals surface area (Å²) in [6, 6.07) is -0.0625. The summed E-state index contributed by atoms with van der Waals surface area (Å²) in [7, 11) is 0. The van der Waals surface area contributed by atoms with Gasteiger partial charge in [-0.25, -0.2) is 13.1 Å². The minimum absolute atomic E-state index is 0.0625. The Morgan fingerprint density at radius 3 is 2.25 bits per heavy atom. The molecule has 0 aromatic heterocycles. The van der Waals surface area contributed by atoms with Crippen LogP contribution in [0.4, 0.5) is 0 Å². The van der Waals surface area contributed by atoms with E-state index in [-0.39, 0.29) is 6.04 Å². The SMILES string of the molecule is [C-]#[N+]CC(CC)[N+]#[C-]. The fraction of sp³-hybridized carbons (Fsp3) is 0.667. The molecule has 0 saturated heterocycles. The van der Waals surface area contributed by atoms with E-state index in [0.717, 1.165) is 6.42 Å². The zero-order valence-electron chi connectivity index (χ0n) is 4.89. The molecule has 0 aliphatic carbocycles. The quantitative estimate of drug-likeness (QED) is 0.475. The smallest absolute Gasteiger partial charge is 0.293 e. The van der Waals surface area contributed by atoms with Gasteiger partial charge in [0, 0.05) is 6.42 Å². The Morgan fingerprint density at radius 2 is 2.12 bits per heavy atom. The molecule has 0 aliphatic heterocycles. The lowest BCUT2D eigenvalue weighted by molar-refractivity contribution is 0.791. The van der Waals surface area contributed by atoms with E-state index in [9.17, 15) is 0 Å². The molecule has 8 heavy (non-hydrogen) atoms. The van der Waals surface area contributed by atoms with Gasteiger partial charge in [-0.05, 0) is 0 Å². The van der Waals surface area contributed by atoms with Crippen LogP contribution in [0.25, 0.3) is 9.69 Å². The first-order valence-electron chi connectivity index (χ1n) is 2.55. The summed E-state index contributed by atoms with van der Waals surface area (Å²) >= 11 is 0. The van der Waals surface area contributed by atoms with Gasteiger partial charge in [-0.3, -0.25) is 0 Å². The summed E-state index contributed by atoms with van der Waals surface area (Å²) < 4.78 is 0. The van der Waals surface area contributed by atoms with Crippen molar-refractivity contribution in [2.45, 2.75) is 19.4 Å². The predicted octanol–water partition coefficient (Wildman–Crippen LogP) is 1.60. The molecule has 0 rings (SSSR count). The van der Waals surface area contributed by atoms with Gasteiger partial charge in [-0.2, -0.15) is 0 Å². The zero-order chi connectivity index (χ0) is 6.41. The molecule has 0 bridgehead atoms. The van der Waals surface area contributed by atoms with Gasteiger partial charge in [0.25, 0.3) is 12.6 Å². The van der Waals surface area contributed by atoms with Crippen molar-refractivity contribution in [2.24, 2.45) is 0 Å². The van der Waals surface area contributed by atoms with Gasteiger partial charge in [-0.15, -0.1) is 0 Å². The summed E-state index contributed by atoms with van der Waals surface area (Å²) in [4.78, 5) is 6.35. The molecular formula is C6H8N2. The third kappa shape index (κ3) is 2.21. The van der Waals surface area contributed by atoms with Crippen LogP contribution in [-0.2, 0) is 0 Å². The Bertz CT molecular complexity index is 126. The maximum Gasteiger partial charge on any atom is 0.293 e. The molecule has 0 N–H and O–H groups in total. The van der Waals surface area contributed by atoms with Crippen LogP contribution < -0.4 is 0 Å². The highest BCUT2D eigenvalue weighted by molar-refractivity contribution is 4.83. The highest BCUT2D eigenvalue weighted by Gasteiger charge is 2.10. The van der Waals surface area contributed by atoms with Crippen LogP contribution in [0.15, 0.2) is 0 Å². The minimum atomic E-state index is -0.0625. The monoisotopic (exact) mass is 108 g/mol. The third-order valence-corrected chi connectivity index (χ3v) is 0.956. The molecule has 0 aliphatic rings. The van der Waals surface area contributed by atoms with E-state index in [1.165, 1.54) is 0 Å². The van der Waals surface area contributed by atoms with Crippen LogP contribution in [0.3, 0.4) is 0 Å². The van der Waals surface area contributed by atoms with Crippen molar-refractivity contribution in [3.05, 3.63) is 22.8 Å². The van der Waals surface area contributed by atoms with E-state index in [0.29, 0.717) is 6.54 Å². The standard InChI is InChI=1S/C6H8N2/c1-4-6(8-3)5-7-2/h6H,4-5H2,1H3. The fourth-order valence-electron chi connectivity index (χ4n) is 0.367. The predicted molar refractivity (Wildman–Crippen MR) is 32.1 cm³/mol. The Morgan fingerprint density at radius 1 is 1.50 bits per heavy atom. The van der Waals surface area contributed by atoms with E-state index in [2.05, 4.69) is 9.69 Å². The number of hydrogen-bond donors (Lipinski definition) is 0. The highest BCUT2D eigenvalue weighted by atomic mass is 14.8. The van der Waals surface area contributed by atoms with Crippen LogP contribution >= 0.6 is 0 Å². The lowest BCUT2D eigenvalue weighted by atomic mass is 10.2. The molecule has 0 fully saturated rings. The molecule has 0 saturated carbocycles. The summed E-state index contributed by atoms with van der Waals surface area (Å²) in [5.74, 6) is 0. The van der Waals surface area contributed by atoms with Crippen LogP contribution in [-0.4, -0.2) is 12.6 Å². The molecule has 1 atom stereocenters. The van der Waals surface area contributed by atoms with E-state index in [4.69, 9.17) is 13.1 Å². The molecule has 2 nitrogen and oxygen atoms in total. The maximum absolute atomic E-state index is 6.54. The second-order valence-corrected chi connectivity index (χ2v) is 1.53. The first kappa shape index (κ1) is 6.98. The van der Waals surface area contributed by atoms with E-state index >= 15 is 0 Å². The Kier molecular flexibility index (Phi) is 3.62. The second kappa shape index (κ2) is 4.15. The number of rotatable bonds is 2. The van der Waals surface area contributed by atoms with Crippen molar-refractivity contribution in [2.75, 3.05) is 6.54 Å². The molecule has 0 radical (unpaired) electrons. The van der Waals surface area contributed by atoms with Crippen molar-refractivity contribution >= 4 is 0 Å². The Labute approximate surface area is 49.8 Å². The maximum atomic E-state index is 6.54. The Hall–Kier alpha value is -1.02. The van der Waals surface area contributed by atoms with E-state index in [1.54, 1.807) is 0 Å². The van der Waals surface area contributed by atoms with Gasteiger partial charge in [-0.1, -0.05) is 6.92 Å². The van der Waals surface area contributed by atoms with Crippen molar-refractivity contribution in [3.63, 3.8) is 0 Å². The largest absolute Gasteiger partial charge is 0.308 e. The van der Waals surface area contributed by atoms with Crippen LogP contribution in [0.5, 0.6) is 0 Å². The van der Waals surface area contributed by atoms with Gasteiger partial charge in [0.1, 0.15) is 0 Å². The van der Waals surface area contributed by atoms with Gasteiger partial charge in [0.15, 0.2) is 0 Å². The van der Waals surface area contributed by atoms with Gasteiger partial charge in [0.05, 0.1) is 0 Å². The molecule has 0 aromatic rings. The summed E-state index contributed by atoms with van der Waals surface area (Å²) in [5.41, 5.74) is 0. The normalized spacial score (nSPS) is 11.4. The van der Waals surface area contributed by atoms with Gasteiger partial charge < -0.3 is 9.69 Å². The van der Waals surface area contributed by atoms with Crippen LogP contribution in [0.1, 0.15) is 13.3 Å². The first-order valence-corrected chi connectivity index (χ1v) is 2.55. The average Bonchev–Trinajstić information content (AvgIpc) is 1.83. The minimum Gasteiger partial charge on any atom is -0.308 e. The molecule has 42 valence electrons. The Balaban J connectivity index is 3.45. The summed E-state index contributed by atoms with van der Waals surface area (Å²) in [5, 5.41) is 0. The molecule has 0 heterocycles. The number of hydrogen-bond acceptors (Lipinski definition) is 0. The first-order chi connectivity index (χ1) is 3.85. The van der Waals surface area contributed by atoms with Gasteiger partial charge >= 0.3 is 0 Å². The number of nitrogens with zero attached hydrogens (tertiary/aromatic N) is 2. The molecule has 0 spiro atoms. The molecular weight excluding hydrogens is 100 g/mol.